The summed E-state index contributed by atoms with van der Waals surface area (Å²) in [7, 11) is 0. The van der Waals surface area contributed by atoms with Gasteiger partial charge < -0.3 is 10.2 Å². The Morgan fingerprint density at radius 1 is 1.24 bits per heavy atom. The lowest BCUT2D eigenvalue weighted by atomic mass is 9.93. The molecule has 0 aromatic heterocycles. The molecule has 1 unspecified atom stereocenters. The van der Waals surface area contributed by atoms with Crippen LogP contribution in [0.1, 0.15) is 25.8 Å². The molecule has 114 valence electrons. The van der Waals surface area contributed by atoms with E-state index >= 15 is 0 Å². The third-order valence-corrected chi connectivity index (χ3v) is 3.71. The average molecular weight is 292 g/mol. The molecule has 1 saturated heterocycles. The number of rotatable bonds is 5. The number of nitrogens with one attached hydrogen (secondary N) is 1. The number of piperazine rings is 1. The van der Waals surface area contributed by atoms with Crippen molar-refractivity contribution in [3.63, 3.8) is 0 Å². The fraction of sp³-hybridized carbons (Fsp3) is 0.500. The van der Waals surface area contributed by atoms with E-state index in [0.29, 0.717) is 6.42 Å². The second kappa shape index (κ2) is 6.24. The zero-order valence-electron chi connectivity index (χ0n) is 12.4. The normalized spacial score (nSPS) is 21.3. The molecule has 4 nitrogen and oxygen atoms in total. The van der Waals surface area contributed by atoms with Gasteiger partial charge in [0.1, 0.15) is 11.6 Å². The number of alkyl halides is 1. The Bertz CT molecular complexity index is 516. The van der Waals surface area contributed by atoms with Gasteiger partial charge in [0.2, 0.25) is 11.8 Å². The Hall–Kier alpha value is -1.91. The van der Waals surface area contributed by atoms with E-state index in [1.165, 1.54) is 4.90 Å². The molecular formula is C16H21FN2O2. The zero-order valence-corrected chi connectivity index (χ0v) is 12.4. The summed E-state index contributed by atoms with van der Waals surface area (Å²) in [5.74, 6) is -0.334. The molecule has 0 spiro atoms. The van der Waals surface area contributed by atoms with Crippen LogP contribution in [0, 0.1) is 0 Å². The summed E-state index contributed by atoms with van der Waals surface area (Å²) in [5.41, 5.74) is 0.0519. The second-order valence-electron chi connectivity index (χ2n) is 5.86. The van der Waals surface area contributed by atoms with Crippen molar-refractivity contribution in [2.45, 2.75) is 38.3 Å². The molecule has 21 heavy (non-hydrogen) atoms. The molecular weight excluding hydrogens is 271 g/mol. The standard InChI is InChI=1S/C16H21FN2O2/c1-16(2)15(21)19(10-6-9-17)13(14(20)18-16)11-12-7-4-3-5-8-12/h3-5,7-8,13H,6,9-11H2,1-2H3,(H,18,20). The summed E-state index contributed by atoms with van der Waals surface area (Å²) >= 11 is 0. The van der Waals surface area contributed by atoms with Crippen molar-refractivity contribution in [2.24, 2.45) is 0 Å². The van der Waals surface area contributed by atoms with Crippen molar-refractivity contribution >= 4 is 11.8 Å². The van der Waals surface area contributed by atoms with Crippen LogP contribution in [0.2, 0.25) is 0 Å². The van der Waals surface area contributed by atoms with Gasteiger partial charge in [-0.2, -0.15) is 0 Å². The molecule has 5 heteroatoms. The molecule has 0 bridgehead atoms. The van der Waals surface area contributed by atoms with E-state index in [2.05, 4.69) is 5.32 Å². The maximum Gasteiger partial charge on any atom is 0.248 e. The highest BCUT2D eigenvalue weighted by atomic mass is 19.1. The first-order valence-electron chi connectivity index (χ1n) is 7.18. The molecule has 1 aliphatic rings. The molecule has 2 amide bonds. The smallest absolute Gasteiger partial charge is 0.248 e. The lowest BCUT2D eigenvalue weighted by molar-refractivity contribution is -0.153. The van der Waals surface area contributed by atoms with Crippen LogP contribution < -0.4 is 5.32 Å². The number of halogens is 1. The van der Waals surface area contributed by atoms with E-state index < -0.39 is 18.3 Å². The molecule has 0 radical (unpaired) electrons. The fourth-order valence-electron chi connectivity index (χ4n) is 2.61. The van der Waals surface area contributed by atoms with Crippen LogP contribution in [0.3, 0.4) is 0 Å². The number of hydrogen-bond donors (Lipinski definition) is 1. The van der Waals surface area contributed by atoms with Gasteiger partial charge >= 0.3 is 0 Å². The average Bonchev–Trinajstić information content (AvgIpc) is 2.45. The van der Waals surface area contributed by atoms with Gasteiger partial charge in [-0.1, -0.05) is 30.3 Å². The van der Waals surface area contributed by atoms with Gasteiger partial charge in [-0.05, 0) is 25.8 Å². The van der Waals surface area contributed by atoms with Crippen LogP contribution >= 0.6 is 0 Å². The summed E-state index contributed by atoms with van der Waals surface area (Å²) in [4.78, 5) is 26.3. The van der Waals surface area contributed by atoms with E-state index in [4.69, 9.17) is 0 Å². The molecule has 1 fully saturated rings. The van der Waals surface area contributed by atoms with Crippen LogP contribution in [0.4, 0.5) is 4.39 Å². The molecule has 2 rings (SSSR count). The maximum absolute atomic E-state index is 12.5. The predicted molar refractivity (Wildman–Crippen MR) is 78.5 cm³/mol. The summed E-state index contributed by atoms with van der Waals surface area (Å²) in [6.07, 6.45) is 0.696. The summed E-state index contributed by atoms with van der Waals surface area (Å²) in [6, 6.07) is 8.97. The second-order valence-corrected chi connectivity index (χ2v) is 5.86. The minimum Gasteiger partial charge on any atom is -0.340 e. The van der Waals surface area contributed by atoms with Crippen molar-refractivity contribution < 1.29 is 14.0 Å². The molecule has 1 atom stereocenters. The SMILES string of the molecule is CC1(C)NC(=O)C(Cc2ccccc2)N(CCCF)C1=O. The molecule has 1 aromatic rings. The Morgan fingerprint density at radius 3 is 2.52 bits per heavy atom. The Labute approximate surface area is 124 Å². The van der Waals surface area contributed by atoms with E-state index in [1.807, 2.05) is 30.3 Å². The molecule has 1 heterocycles. The van der Waals surface area contributed by atoms with E-state index in [9.17, 15) is 14.0 Å². The van der Waals surface area contributed by atoms with Gasteiger partial charge in [-0.3, -0.25) is 14.0 Å². The van der Waals surface area contributed by atoms with Gasteiger partial charge in [0.25, 0.3) is 0 Å². The third-order valence-electron chi connectivity index (χ3n) is 3.71. The Kier molecular flexibility index (Phi) is 4.60. The molecule has 1 aliphatic heterocycles. The number of nitrogens with zero attached hydrogens (tertiary/aromatic N) is 1. The fourth-order valence-corrected chi connectivity index (χ4v) is 2.61. The Morgan fingerprint density at radius 2 is 1.90 bits per heavy atom. The molecule has 0 saturated carbocycles. The Balaban J connectivity index is 2.22. The van der Waals surface area contributed by atoms with Crippen LogP contribution in [-0.4, -0.2) is 41.5 Å². The first kappa shape index (κ1) is 15.5. The summed E-state index contributed by atoms with van der Waals surface area (Å²) < 4.78 is 12.5. The minimum absolute atomic E-state index is 0.156. The van der Waals surface area contributed by atoms with Crippen molar-refractivity contribution in [3.05, 3.63) is 35.9 Å². The highest BCUT2D eigenvalue weighted by Gasteiger charge is 2.44. The van der Waals surface area contributed by atoms with Gasteiger partial charge in [0.15, 0.2) is 0 Å². The minimum atomic E-state index is -0.930. The quantitative estimate of drug-likeness (QED) is 0.898. The van der Waals surface area contributed by atoms with Crippen molar-refractivity contribution in [3.8, 4) is 0 Å². The van der Waals surface area contributed by atoms with Crippen LogP contribution in [0.15, 0.2) is 30.3 Å². The predicted octanol–water partition coefficient (Wildman–Crippen LogP) is 1.69. The number of carbonyl (C=O) groups is 2. The molecule has 1 N–H and O–H groups in total. The lowest BCUT2D eigenvalue weighted by Gasteiger charge is -2.43. The third kappa shape index (κ3) is 3.40. The zero-order chi connectivity index (χ0) is 15.5. The van der Waals surface area contributed by atoms with Crippen LogP contribution in [0.5, 0.6) is 0 Å². The highest BCUT2D eigenvalue weighted by Crippen LogP contribution is 2.21. The molecule has 1 aromatic carbocycles. The number of benzene rings is 1. The van der Waals surface area contributed by atoms with Crippen LogP contribution in [-0.2, 0) is 16.0 Å². The van der Waals surface area contributed by atoms with E-state index in [-0.39, 0.29) is 24.8 Å². The summed E-state index contributed by atoms with van der Waals surface area (Å²) in [5, 5.41) is 2.76. The van der Waals surface area contributed by atoms with E-state index in [0.717, 1.165) is 5.56 Å². The number of carbonyl (C=O) groups excluding carboxylic acids is 2. The van der Waals surface area contributed by atoms with Crippen molar-refractivity contribution in [1.29, 1.82) is 0 Å². The monoisotopic (exact) mass is 292 g/mol. The first-order valence-corrected chi connectivity index (χ1v) is 7.18. The first-order chi connectivity index (χ1) is 9.95. The van der Waals surface area contributed by atoms with Crippen molar-refractivity contribution in [2.75, 3.05) is 13.2 Å². The lowest BCUT2D eigenvalue weighted by Crippen LogP contribution is -2.68. The topological polar surface area (TPSA) is 49.4 Å². The van der Waals surface area contributed by atoms with E-state index in [1.54, 1.807) is 13.8 Å². The van der Waals surface area contributed by atoms with Crippen LogP contribution in [0.25, 0.3) is 0 Å². The van der Waals surface area contributed by atoms with Gasteiger partial charge in [-0.25, -0.2) is 0 Å². The molecule has 0 aliphatic carbocycles. The number of amides is 2. The van der Waals surface area contributed by atoms with Gasteiger partial charge in [0, 0.05) is 13.0 Å². The maximum atomic E-state index is 12.5. The summed E-state index contributed by atoms with van der Waals surface area (Å²) in [6.45, 7) is 3.12. The number of hydrogen-bond acceptors (Lipinski definition) is 2. The van der Waals surface area contributed by atoms with Gasteiger partial charge in [-0.15, -0.1) is 0 Å². The van der Waals surface area contributed by atoms with Gasteiger partial charge in [0.05, 0.1) is 6.67 Å². The largest absolute Gasteiger partial charge is 0.340 e. The van der Waals surface area contributed by atoms with Crippen molar-refractivity contribution in [1.82, 2.24) is 10.2 Å². The highest BCUT2D eigenvalue weighted by molar-refractivity contribution is 5.99.